The van der Waals surface area contributed by atoms with Crippen molar-refractivity contribution in [2.45, 2.75) is 30.9 Å². The zero-order valence-corrected chi connectivity index (χ0v) is 15.2. The van der Waals surface area contributed by atoms with Crippen molar-refractivity contribution >= 4 is 10.0 Å². The van der Waals surface area contributed by atoms with Crippen molar-refractivity contribution in [3.63, 3.8) is 0 Å². The van der Waals surface area contributed by atoms with Gasteiger partial charge in [-0.1, -0.05) is 6.07 Å². The van der Waals surface area contributed by atoms with Crippen molar-refractivity contribution in [3.05, 3.63) is 54.4 Å². The molecule has 7 heteroatoms. The summed E-state index contributed by atoms with van der Waals surface area (Å²) in [5, 5.41) is 3.26. The molecule has 134 valence electrons. The molecule has 1 saturated heterocycles. The van der Waals surface area contributed by atoms with Gasteiger partial charge in [0.05, 0.1) is 17.0 Å². The number of sulfonamides is 1. The second-order valence-corrected chi connectivity index (χ2v) is 8.15. The fraction of sp³-hybridized carbons (Fsp3) is 0.389. The summed E-state index contributed by atoms with van der Waals surface area (Å²) in [5.41, 5.74) is 0.887. The fourth-order valence-corrected chi connectivity index (χ4v) is 4.54. The number of rotatable bonds is 5. The Bertz CT molecular complexity index is 792. The molecule has 0 spiro atoms. The van der Waals surface area contributed by atoms with E-state index in [1.54, 1.807) is 41.0 Å². The van der Waals surface area contributed by atoms with Crippen LogP contribution in [0.15, 0.2) is 53.7 Å². The predicted octanol–water partition coefficient (Wildman–Crippen LogP) is 2.20. The molecule has 2 heterocycles. The second kappa shape index (κ2) is 7.51. The molecule has 2 aromatic rings. The van der Waals surface area contributed by atoms with E-state index < -0.39 is 10.0 Å². The molecule has 0 aliphatic carbocycles. The largest absolute Gasteiger partial charge is 0.491 e. The minimum atomic E-state index is -3.59. The van der Waals surface area contributed by atoms with E-state index in [0.29, 0.717) is 25.4 Å². The van der Waals surface area contributed by atoms with Crippen molar-refractivity contribution in [3.8, 4) is 5.75 Å². The quantitative estimate of drug-likeness (QED) is 0.884. The van der Waals surface area contributed by atoms with Gasteiger partial charge >= 0.3 is 0 Å². The molecule has 1 aliphatic heterocycles. The first kappa shape index (κ1) is 17.8. The molecule has 1 unspecified atom stereocenters. The number of nitrogens with one attached hydrogen (secondary N) is 1. The highest BCUT2D eigenvalue weighted by molar-refractivity contribution is 7.89. The standard InChI is InChI=1S/C18H23N3O3S/c1-14(2)24-16-5-7-17(8-6-16)25(22,23)21-11-10-20-13-18(21)15-4-3-9-19-12-15/h3-9,12,14,18,20H,10-11,13H2,1-2H3. The predicted molar refractivity (Wildman–Crippen MR) is 95.9 cm³/mol. The van der Waals surface area contributed by atoms with Crippen molar-refractivity contribution < 1.29 is 13.2 Å². The third-order valence-corrected chi connectivity index (χ3v) is 5.99. The summed E-state index contributed by atoms with van der Waals surface area (Å²) in [5.74, 6) is 0.665. The molecule has 0 radical (unpaired) electrons. The second-order valence-electron chi connectivity index (χ2n) is 6.26. The van der Waals surface area contributed by atoms with Gasteiger partial charge in [0.2, 0.25) is 10.0 Å². The van der Waals surface area contributed by atoms with Crippen LogP contribution in [0.1, 0.15) is 25.5 Å². The highest BCUT2D eigenvalue weighted by Crippen LogP contribution is 2.29. The highest BCUT2D eigenvalue weighted by atomic mass is 32.2. The molecule has 3 rings (SSSR count). The van der Waals surface area contributed by atoms with E-state index in [4.69, 9.17) is 4.74 Å². The van der Waals surface area contributed by atoms with Crippen LogP contribution in [0.2, 0.25) is 0 Å². The SMILES string of the molecule is CC(C)Oc1ccc(S(=O)(=O)N2CCNCC2c2cccnc2)cc1. The Hall–Kier alpha value is -1.96. The van der Waals surface area contributed by atoms with Crippen LogP contribution >= 0.6 is 0 Å². The van der Waals surface area contributed by atoms with Crippen LogP contribution in [0.25, 0.3) is 0 Å². The van der Waals surface area contributed by atoms with Crippen molar-refractivity contribution in [1.29, 1.82) is 0 Å². The first-order valence-corrected chi connectivity index (χ1v) is 9.81. The van der Waals surface area contributed by atoms with Crippen molar-refractivity contribution in [2.24, 2.45) is 0 Å². The van der Waals surface area contributed by atoms with Gasteiger partial charge in [0, 0.05) is 32.0 Å². The Morgan fingerprint density at radius 3 is 2.64 bits per heavy atom. The van der Waals surface area contributed by atoms with Crippen LogP contribution in [0.4, 0.5) is 0 Å². The van der Waals surface area contributed by atoms with Gasteiger partial charge in [-0.15, -0.1) is 0 Å². The summed E-state index contributed by atoms with van der Waals surface area (Å²) in [6, 6.07) is 10.1. The molecule has 1 aliphatic rings. The van der Waals surface area contributed by atoms with Crippen LogP contribution in [-0.4, -0.2) is 43.4 Å². The van der Waals surface area contributed by atoms with E-state index in [-0.39, 0.29) is 17.0 Å². The summed E-state index contributed by atoms with van der Waals surface area (Å²) in [4.78, 5) is 4.40. The van der Waals surface area contributed by atoms with Crippen LogP contribution in [0.5, 0.6) is 5.75 Å². The van der Waals surface area contributed by atoms with Gasteiger partial charge < -0.3 is 10.1 Å². The number of nitrogens with zero attached hydrogens (tertiary/aromatic N) is 2. The maximum atomic E-state index is 13.1. The van der Waals surface area contributed by atoms with Gasteiger partial charge in [-0.3, -0.25) is 4.98 Å². The third-order valence-electron chi connectivity index (χ3n) is 4.07. The third kappa shape index (κ3) is 4.00. The lowest BCUT2D eigenvalue weighted by molar-refractivity contribution is 0.242. The van der Waals surface area contributed by atoms with Gasteiger partial charge in [-0.2, -0.15) is 4.31 Å². The van der Waals surface area contributed by atoms with Gasteiger partial charge in [-0.05, 0) is 49.7 Å². The van der Waals surface area contributed by atoms with E-state index in [1.807, 2.05) is 26.0 Å². The van der Waals surface area contributed by atoms with Gasteiger partial charge in [0.25, 0.3) is 0 Å². The lowest BCUT2D eigenvalue weighted by Gasteiger charge is -2.35. The minimum Gasteiger partial charge on any atom is -0.491 e. The molecule has 1 atom stereocenters. The number of piperazine rings is 1. The Morgan fingerprint density at radius 2 is 2.00 bits per heavy atom. The summed E-state index contributed by atoms with van der Waals surface area (Å²) in [6.07, 6.45) is 3.46. The lowest BCUT2D eigenvalue weighted by atomic mass is 10.1. The van der Waals surface area contributed by atoms with E-state index >= 15 is 0 Å². The monoisotopic (exact) mass is 361 g/mol. The maximum Gasteiger partial charge on any atom is 0.243 e. The summed E-state index contributed by atoms with van der Waals surface area (Å²) >= 11 is 0. The molecule has 1 N–H and O–H groups in total. The summed E-state index contributed by atoms with van der Waals surface area (Å²) in [7, 11) is -3.59. The molecular weight excluding hydrogens is 338 g/mol. The number of ether oxygens (including phenoxy) is 1. The molecule has 0 amide bonds. The highest BCUT2D eigenvalue weighted by Gasteiger charge is 2.34. The molecular formula is C18H23N3O3S. The Balaban J connectivity index is 1.89. The average molecular weight is 361 g/mol. The first-order chi connectivity index (χ1) is 12.0. The van der Waals surface area contributed by atoms with E-state index in [9.17, 15) is 8.42 Å². The molecule has 1 fully saturated rings. The van der Waals surface area contributed by atoms with Gasteiger partial charge in [0.15, 0.2) is 0 Å². The molecule has 6 nitrogen and oxygen atoms in total. The molecule has 0 saturated carbocycles. The van der Waals surface area contributed by atoms with E-state index in [0.717, 1.165) is 5.56 Å². The van der Waals surface area contributed by atoms with Crippen LogP contribution in [0, 0.1) is 0 Å². The zero-order valence-electron chi connectivity index (χ0n) is 14.4. The minimum absolute atomic E-state index is 0.0468. The number of hydrogen-bond acceptors (Lipinski definition) is 5. The smallest absolute Gasteiger partial charge is 0.243 e. The zero-order chi connectivity index (χ0) is 17.9. The van der Waals surface area contributed by atoms with Crippen LogP contribution in [0.3, 0.4) is 0 Å². The van der Waals surface area contributed by atoms with Crippen molar-refractivity contribution in [2.75, 3.05) is 19.6 Å². The van der Waals surface area contributed by atoms with Crippen LogP contribution in [-0.2, 0) is 10.0 Å². The Kier molecular flexibility index (Phi) is 5.36. The molecule has 0 bridgehead atoms. The molecule has 25 heavy (non-hydrogen) atoms. The summed E-state index contributed by atoms with van der Waals surface area (Å²) in [6.45, 7) is 5.49. The number of hydrogen-bond donors (Lipinski definition) is 1. The Morgan fingerprint density at radius 1 is 1.24 bits per heavy atom. The van der Waals surface area contributed by atoms with Gasteiger partial charge in [0.1, 0.15) is 5.75 Å². The first-order valence-electron chi connectivity index (χ1n) is 8.37. The number of aromatic nitrogens is 1. The van der Waals surface area contributed by atoms with E-state index in [1.165, 1.54) is 0 Å². The average Bonchev–Trinajstić information content (AvgIpc) is 2.62. The Labute approximate surface area is 148 Å². The van der Waals surface area contributed by atoms with Gasteiger partial charge in [-0.25, -0.2) is 8.42 Å². The topological polar surface area (TPSA) is 71.5 Å². The number of pyridine rings is 1. The van der Waals surface area contributed by atoms with Crippen LogP contribution < -0.4 is 10.1 Å². The maximum absolute atomic E-state index is 13.1. The van der Waals surface area contributed by atoms with E-state index in [2.05, 4.69) is 10.3 Å². The fourth-order valence-electron chi connectivity index (χ4n) is 2.93. The molecule has 1 aromatic carbocycles. The normalized spacial score (nSPS) is 19.1. The molecule has 1 aromatic heterocycles. The summed E-state index contributed by atoms with van der Waals surface area (Å²) < 4.78 is 33.4. The van der Waals surface area contributed by atoms with Crippen molar-refractivity contribution in [1.82, 2.24) is 14.6 Å². The number of benzene rings is 1. The lowest BCUT2D eigenvalue weighted by Crippen LogP contribution is -2.48.